The van der Waals surface area contributed by atoms with Crippen LogP contribution in [0.15, 0.2) is 67.6 Å². The van der Waals surface area contributed by atoms with Crippen LogP contribution in [-0.4, -0.2) is 24.5 Å². The third-order valence-corrected chi connectivity index (χ3v) is 5.53. The highest BCUT2D eigenvalue weighted by atomic mass is 19.1. The largest absolute Gasteiger partial charge is 0.421 e. The van der Waals surface area contributed by atoms with E-state index in [1.165, 1.54) is 18.5 Å². The van der Waals surface area contributed by atoms with Crippen molar-refractivity contribution >= 4 is 28.1 Å². The molecule has 8 nitrogen and oxygen atoms in total. The van der Waals surface area contributed by atoms with E-state index in [4.69, 9.17) is 16.2 Å². The Labute approximate surface area is 200 Å². The van der Waals surface area contributed by atoms with Crippen molar-refractivity contribution in [2.24, 2.45) is 0 Å². The van der Waals surface area contributed by atoms with Crippen LogP contribution in [0.2, 0.25) is 0 Å². The Morgan fingerprint density at radius 1 is 1.03 bits per heavy atom. The van der Waals surface area contributed by atoms with Crippen molar-refractivity contribution in [3.63, 3.8) is 0 Å². The highest BCUT2D eigenvalue weighted by molar-refractivity contribution is 6.02. The molecule has 5 rings (SSSR count). The lowest BCUT2D eigenvalue weighted by atomic mass is 10.0. The normalized spacial score (nSPS) is 11.1. The van der Waals surface area contributed by atoms with Gasteiger partial charge in [-0.2, -0.15) is 0 Å². The van der Waals surface area contributed by atoms with E-state index in [1.54, 1.807) is 37.4 Å². The van der Waals surface area contributed by atoms with Gasteiger partial charge in [0.25, 0.3) is 0 Å². The average molecular weight is 468 g/mol. The number of fused-ring (bicyclic) bond motifs is 1. The lowest BCUT2D eigenvalue weighted by Crippen LogP contribution is -2.03. The van der Waals surface area contributed by atoms with Gasteiger partial charge in [-0.15, -0.1) is 0 Å². The van der Waals surface area contributed by atoms with Crippen LogP contribution >= 0.6 is 0 Å². The molecule has 0 aliphatic heterocycles. The molecule has 2 aromatic carbocycles. The Balaban J connectivity index is 1.74. The maximum atomic E-state index is 15.3. The van der Waals surface area contributed by atoms with E-state index in [2.05, 4.69) is 26.5 Å². The molecule has 174 valence electrons. The Morgan fingerprint density at radius 3 is 2.49 bits per heavy atom. The number of nitrogens with zero attached hydrogens (tertiary/aromatic N) is 5. The van der Waals surface area contributed by atoms with Crippen LogP contribution in [0.25, 0.3) is 33.6 Å². The second-order valence-corrected chi connectivity index (χ2v) is 8.11. The summed E-state index contributed by atoms with van der Waals surface area (Å²) in [6, 6.07) is 13.8. The predicted molar refractivity (Wildman–Crippen MR) is 135 cm³/mol. The number of allylic oxidation sites excluding steroid dienone is 1. The molecule has 0 atom stereocenters. The number of hydrogen-bond donors (Lipinski definition) is 2. The quantitative estimate of drug-likeness (QED) is 0.336. The summed E-state index contributed by atoms with van der Waals surface area (Å²) in [7, 11) is 0. The summed E-state index contributed by atoms with van der Waals surface area (Å²) in [5.41, 5.74) is 18.4. The predicted octanol–water partition coefficient (Wildman–Crippen LogP) is 5.31. The Hall–Kier alpha value is -4.79. The number of aryl methyl sites for hydroxylation is 1. The molecule has 0 aliphatic carbocycles. The molecule has 3 aromatic heterocycles. The molecule has 3 heterocycles. The zero-order valence-electron chi connectivity index (χ0n) is 19.2. The molecule has 0 radical (unpaired) electrons. The van der Waals surface area contributed by atoms with E-state index < -0.39 is 5.82 Å². The third kappa shape index (κ3) is 3.93. The molecular weight excluding hydrogens is 445 g/mol. The second kappa shape index (κ2) is 8.53. The topological polar surface area (TPSA) is 118 Å². The number of nitrogen functional groups attached to an aromatic ring is 2. The maximum absolute atomic E-state index is 15.3. The van der Waals surface area contributed by atoms with Gasteiger partial charge >= 0.3 is 6.01 Å². The first-order valence-electron chi connectivity index (χ1n) is 10.8. The second-order valence-electron chi connectivity index (χ2n) is 8.11. The van der Waals surface area contributed by atoms with Crippen molar-refractivity contribution in [3.8, 4) is 28.7 Å². The van der Waals surface area contributed by atoms with Gasteiger partial charge in [0.2, 0.25) is 0 Å². The first kappa shape index (κ1) is 22.0. The van der Waals surface area contributed by atoms with Gasteiger partial charge in [0.1, 0.15) is 17.4 Å². The molecule has 0 saturated carbocycles. The molecule has 0 bridgehead atoms. The van der Waals surface area contributed by atoms with Gasteiger partial charge in [-0.25, -0.2) is 24.3 Å². The number of nitrogens with two attached hydrogens (primary N) is 2. The number of halogens is 1. The standard InChI is InChI=1S/C26H22FN7O/c1-14(2)21-22-24(25(29)32-13-31-22)34(23(21)16-4-6-17(28)7-5-16)18-8-9-20(19(27)12-18)35-26-30-11-10-15(3)33-26/h4-13H,1,28H2,2-3H3,(H2,29,31,32). The van der Waals surface area contributed by atoms with Crippen LogP contribution in [0.5, 0.6) is 11.8 Å². The molecule has 0 spiro atoms. The Kier molecular flexibility index (Phi) is 5.37. The van der Waals surface area contributed by atoms with E-state index in [0.717, 1.165) is 22.4 Å². The molecule has 0 amide bonds. The SMILES string of the molecule is C=C(C)c1c(-c2ccc(N)cc2)n(-c2ccc(Oc3nccc(C)n3)c(F)c2)c2c(N)ncnc12. The first-order valence-corrected chi connectivity index (χ1v) is 10.8. The van der Waals surface area contributed by atoms with Crippen molar-refractivity contribution in [1.82, 2.24) is 24.5 Å². The molecule has 5 aromatic rings. The van der Waals surface area contributed by atoms with Crippen LogP contribution in [0.4, 0.5) is 15.9 Å². The van der Waals surface area contributed by atoms with Gasteiger partial charge in [0.15, 0.2) is 17.4 Å². The van der Waals surface area contributed by atoms with E-state index in [9.17, 15) is 0 Å². The summed E-state index contributed by atoms with van der Waals surface area (Å²) in [5.74, 6) is -0.340. The molecule has 0 aliphatic rings. The molecule has 35 heavy (non-hydrogen) atoms. The number of anilines is 2. The molecule has 0 unspecified atom stereocenters. The van der Waals surface area contributed by atoms with Crippen molar-refractivity contribution in [3.05, 3.63) is 84.7 Å². The Morgan fingerprint density at radius 2 is 1.80 bits per heavy atom. The summed E-state index contributed by atoms with van der Waals surface area (Å²) in [6.07, 6.45) is 2.96. The summed E-state index contributed by atoms with van der Waals surface area (Å²) >= 11 is 0. The molecule has 0 fully saturated rings. The van der Waals surface area contributed by atoms with Crippen molar-refractivity contribution in [2.45, 2.75) is 13.8 Å². The van der Waals surface area contributed by atoms with Crippen LogP contribution < -0.4 is 16.2 Å². The van der Waals surface area contributed by atoms with E-state index in [1.807, 2.05) is 23.6 Å². The van der Waals surface area contributed by atoms with Crippen molar-refractivity contribution in [1.29, 1.82) is 0 Å². The zero-order valence-corrected chi connectivity index (χ0v) is 19.2. The van der Waals surface area contributed by atoms with E-state index in [0.29, 0.717) is 28.1 Å². The highest BCUT2D eigenvalue weighted by Gasteiger charge is 2.24. The van der Waals surface area contributed by atoms with Gasteiger partial charge in [0, 0.05) is 34.9 Å². The molecule has 4 N–H and O–H groups in total. The minimum absolute atomic E-state index is 0.00538. The average Bonchev–Trinajstić information content (AvgIpc) is 3.18. The van der Waals surface area contributed by atoms with Gasteiger partial charge in [-0.05, 0) is 55.3 Å². The van der Waals surface area contributed by atoms with Gasteiger partial charge in [-0.3, -0.25) is 0 Å². The number of aromatic nitrogens is 5. The van der Waals surface area contributed by atoms with Crippen LogP contribution in [0, 0.1) is 12.7 Å². The number of rotatable bonds is 5. The Bertz CT molecular complexity index is 1590. The van der Waals surface area contributed by atoms with Crippen molar-refractivity contribution in [2.75, 3.05) is 11.5 Å². The lowest BCUT2D eigenvalue weighted by Gasteiger charge is -2.15. The van der Waals surface area contributed by atoms with Gasteiger partial charge in [0.05, 0.1) is 5.69 Å². The van der Waals surface area contributed by atoms with Gasteiger partial charge in [-0.1, -0.05) is 18.7 Å². The third-order valence-electron chi connectivity index (χ3n) is 5.53. The fourth-order valence-electron chi connectivity index (χ4n) is 3.99. The fourth-order valence-corrected chi connectivity index (χ4v) is 3.99. The fraction of sp³-hybridized carbons (Fsp3) is 0.0769. The first-order chi connectivity index (χ1) is 16.8. The number of benzene rings is 2. The monoisotopic (exact) mass is 467 g/mol. The highest BCUT2D eigenvalue weighted by Crippen LogP contribution is 2.41. The summed E-state index contributed by atoms with van der Waals surface area (Å²) in [5, 5.41) is 0. The van der Waals surface area contributed by atoms with Crippen molar-refractivity contribution < 1.29 is 9.13 Å². The van der Waals surface area contributed by atoms with E-state index in [-0.39, 0.29) is 17.6 Å². The smallest absolute Gasteiger partial charge is 0.322 e. The maximum Gasteiger partial charge on any atom is 0.322 e. The summed E-state index contributed by atoms with van der Waals surface area (Å²) < 4.78 is 22.7. The summed E-state index contributed by atoms with van der Waals surface area (Å²) in [4.78, 5) is 16.9. The summed E-state index contributed by atoms with van der Waals surface area (Å²) in [6.45, 7) is 7.84. The van der Waals surface area contributed by atoms with Crippen LogP contribution in [-0.2, 0) is 0 Å². The van der Waals surface area contributed by atoms with E-state index >= 15 is 4.39 Å². The molecule has 9 heteroatoms. The minimum Gasteiger partial charge on any atom is -0.421 e. The number of hydrogen-bond acceptors (Lipinski definition) is 7. The number of ether oxygens (including phenoxy) is 1. The minimum atomic E-state index is -0.593. The zero-order chi connectivity index (χ0) is 24.7. The molecule has 0 saturated heterocycles. The van der Waals surface area contributed by atoms with Gasteiger partial charge < -0.3 is 20.8 Å². The van der Waals surface area contributed by atoms with Crippen LogP contribution in [0.3, 0.4) is 0 Å². The lowest BCUT2D eigenvalue weighted by molar-refractivity contribution is 0.410. The van der Waals surface area contributed by atoms with Crippen LogP contribution in [0.1, 0.15) is 18.2 Å². The molecular formula is C26H22FN7O.